The lowest BCUT2D eigenvalue weighted by Gasteiger charge is -2.18. The number of hydrogen-bond acceptors (Lipinski definition) is 3. The molecule has 0 fully saturated rings. The fourth-order valence-electron chi connectivity index (χ4n) is 2.06. The number of hydrogen-bond donors (Lipinski definition) is 1. The summed E-state index contributed by atoms with van der Waals surface area (Å²) < 4.78 is 7.36. The summed E-state index contributed by atoms with van der Waals surface area (Å²) >= 11 is 0. The highest BCUT2D eigenvalue weighted by molar-refractivity contribution is 5.81. The fourth-order valence-corrected chi connectivity index (χ4v) is 2.06. The van der Waals surface area contributed by atoms with Gasteiger partial charge in [-0.15, -0.1) is 0 Å². The number of nitrogens with zero attached hydrogens (tertiary/aromatic N) is 2. The predicted molar refractivity (Wildman–Crippen MR) is 67.9 cm³/mol. The SMILES string of the molecule is Cn1nc(CNC(=O)C(C)(C)C)c2c1CCOC2. The van der Waals surface area contributed by atoms with Gasteiger partial charge in [0.25, 0.3) is 0 Å². The quantitative estimate of drug-likeness (QED) is 0.858. The van der Waals surface area contributed by atoms with Crippen molar-refractivity contribution in [2.75, 3.05) is 6.61 Å². The van der Waals surface area contributed by atoms with Gasteiger partial charge in [0.05, 0.1) is 25.5 Å². The molecule has 0 unspecified atom stereocenters. The molecule has 1 aromatic heterocycles. The van der Waals surface area contributed by atoms with Crippen molar-refractivity contribution in [2.24, 2.45) is 12.5 Å². The molecule has 0 aliphatic carbocycles. The van der Waals surface area contributed by atoms with E-state index in [1.54, 1.807) is 0 Å². The van der Waals surface area contributed by atoms with Gasteiger partial charge in [-0.25, -0.2) is 0 Å². The first kappa shape index (κ1) is 13.1. The molecule has 0 bridgehead atoms. The van der Waals surface area contributed by atoms with Gasteiger partial charge in [-0.2, -0.15) is 5.10 Å². The summed E-state index contributed by atoms with van der Waals surface area (Å²) in [6, 6.07) is 0. The maximum atomic E-state index is 11.8. The number of aromatic nitrogens is 2. The van der Waals surface area contributed by atoms with Gasteiger partial charge in [-0.05, 0) is 0 Å². The number of nitrogens with one attached hydrogen (secondary N) is 1. The molecule has 0 atom stereocenters. The minimum Gasteiger partial charge on any atom is -0.376 e. The molecule has 100 valence electrons. The van der Waals surface area contributed by atoms with E-state index in [0.29, 0.717) is 13.2 Å². The van der Waals surface area contributed by atoms with Crippen LogP contribution in [0.2, 0.25) is 0 Å². The first-order chi connectivity index (χ1) is 8.39. The number of aryl methyl sites for hydroxylation is 1. The van der Waals surface area contributed by atoms with Crippen molar-refractivity contribution in [2.45, 2.75) is 40.3 Å². The minimum atomic E-state index is -0.370. The molecule has 1 amide bonds. The van der Waals surface area contributed by atoms with Crippen LogP contribution in [-0.4, -0.2) is 22.3 Å². The monoisotopic (exact) mass is 251 g/mol. The maximum absolute atomic E-state index is 11.8. The van der Waals surface area contributed by atoms with Crippen LogP contribution < -0.4 is 5.32 Å². The van der Waals surface area contributed by atoms with E-state index in [9.17, 15) is 4.79 Å². The van der Waals surface area contributed by atoms with Crippen molar-refractivity contribution in [3.05, 3.63) is 17.0 Å². The minimum absolute atomic E-state index is 0.0404. The molecule has 0 saturated heterocycles. The van der Waals surface area contributed by atoms with E-state index < -0.39 is 0 Å². The first-order valence-electron chi connectivity index (χ1n) is 6.29. The van der Waals surface area contributed by atoms with Gasteiger partial charge in [0.2, 0.25) is 5.91 Å². The molecule has 1 aromatic rings. The third-order valence-electron chi connectivity index (χ3n) is 3.19. The zero-order valence-electron chi connectivity index (χ0n) is 11.5. The number of rotatable bonds is 2. The third kappa shape index (κ3) is 2.56. The van der Waals surface area contributed by atoms with Crippen molar-refractivity contribution in [3.8, 4) is 0 Å². The molecule has 1 aliphatic rings. The Bertz CT molecular complexity index is 458. The molecule has 2 rings (SSSR count). The van der Waals surface area contributed by atoms with Gasteiger partial charge in [-0.1, -0.05) is 20.8 Å². The molecule has 18 heavy (non-hydrogen) atoms. The molecule has 5 nitrogen and oxygen atoms in total. The van der Waals surface area contributed by atoms with Crippen LogP contribution in [0.1, 0.15) is 37.7 Å². The second-order valence-corrected chi connectivity index (χ2v) is 5.73. The Labute approximate surface area is 108 Å². The largest absolute Gasteiger partial charge is 0.376 e. The molecular formula is C13H21N3O2. The van der Waals surface area contributed by atoms with Crippen molar-refractivity contribution in [3.63, 3.8) is 0 Å². The van der Waals surface area contributed by atoms with E-state index in [4.69, 9.17) is 4.74 Å². The topological polar surface area (TPSA) is 56.2 Å². The van der Waals surface area contributed by atoms with E-state index in [2.05, 4.69) is 10.4 Å². The van der Waals surface area contributed by atoms with Gasteiger partial charge in [0, 0.05) is 30.1 Å². The van der Waals surface area contributed by atoms with Crippen LogP contribution in [0.4, 0.5) is 0 Å². The number of carbonyl (C=O) groups excluding carboxylic acids is 1. The van der Waals surface area contributed by atoms with Crippen LogP contribution >= 0.6 is 0 Å². The maximum Gasteiger partial charge on any atom is 0.225 e. The predicted octanol–water partition coefficient (Wildman–Crippen LogP) is 1.16. The van der Waals surface area contributed by atoms with E-state index >= 15 is 0 Å². The third-order valence-corrected chi connectivity index (χ3v) is 3.19. The van der Waals surface area contributed by atoms with Crippen molar-refractivity contribution >= 4 is 5.91 Å². The Hall–Kier alpha value is -1.36. The van der Waals surface area contributed by atoms with Gasteiger partial charge in [0.1, 0.15) is 0 Å². The smallest absolute Gasteiger partial charge is 0.225 e. The summed E-state index contributed by atoms with van der Waals surface area (Å²) in [4.78, 5) is 11.8. The van der Waals surface area contributed by atoms with Crippen LogP contribution in [0.5, 0.6) is 0 Å². The van der Waals surface area contributed by atoms with E-state index in [0.717, 1.165) is 24.3 Å². The van der Waals surface area contributed by atoms with E-state index in [1.807, 2.05) is 32.5 Å². The molecule has 1 N–H and O–H groups in total. The summed E-state index contributed by atoms with van der Waals surface area (Å²) in [6.45, 7) is 7.53. The fraction of sp³-hybridized carbons (Fsp3) is 0.692. The lowest BCUT2D eigenvalue weighted by molar-refractivity contribution is -0.128. The van der Waals surface area contributed by atoms with Gasteiger partial charge >= 0.3 is 0 Å². The number of fused-ring (bicyclic) bond motifs is 1. The van der Waals surface area contributed by atoms with Crippen molar-refractivity contribution in [1.29, 1.82) is 0 Å². The van der Waals surface area contributed by atoms with Gasteiger partial charge in [0.15, 0.2) is 0 Å². The lowest BCUT2D eigenvalue weighted by atomic mass is 9.95. The Kier molecular flexibility index (Phi) is 3.43. The summed E-state index contributed by atoms with van der Waals surface area (Å²) in [5.41, 5.74) is 2.91. The zero-order valence-corrected chi connectivity index (χ0v) is 11.5. The van der Waals surface area contributed by atoms with Crippen LogP contribution in [0.3, 0.4) is 0 Å². The highest BCUT2D eigenvalue weighted by Gasteiger charge is 2.23. The summed E-state index contributed by atoms with van der Waals surface area (Å²) in [5.74, 6) is 0.0404. The summed E-state index contributed by atoms with van der Waals surface area (Å²) in [7, 11) is 1.94. The van der Waals surface area contributed by atoms with Crippen LogP contribution in [0.15, 0.2) is 0 Å². The molecule has 5 heteroatoms. The molecule has 0 radical (unpaired) electrons. The average molecular weight is 251 g/mol. The normalized spacial score (nSPS) is 15.3. The zero-order chi connectivity index (χ0) is 13.3. The van der Waals surface area contributed by atoms with Crippen molar-refractivity contribution < 1.29 is 9.53 Å². The number of carbonyl (C=O) groups is 1. The average Bonchev–Trinajstić information content (AvgIpc) is 2.63. The van der Waals surface area contributed by atoms with Crippen molar-refractivity contribution in [1.82, 2.24) is 15.1 Å². The molecule has 1 aliphatic heterocycles. The van der Waals surface area contributed by atoms with E-state index in [-0.39, 0.29) is 11.3 Å². The molecule has 0 aromatic carbocycles. The Morgan fingerprint density at radius 1 is 1.50 bits per heavy atom. The van der Waals surface area contributed by atoms with Gasteiger partial charge < -0.3 is 10.1 Å². The molecular weight excluding hydrogens is 230 g/mol. The Morgan fingerprint density at radius 3 is 2.89 bits per heavy atom. The van der Waals surface area contributed by atoms with Gasteiger partial charge in [-0.3, -0.25) is 9.48 Å². The second kappa shape index (κ2) is 4.72. The highest BCUT2D eigenvalue weighted by Crippen LogP contribution is 2.20. The second-order valence-electron chi connectivity index (χ2n) is 5.73. The first-order valence-corrected chi connectivity index (χ1v) is 6.29. The standard InChI is InChI=1S/C13H21N3O2/c1-13(2,3)12(17)14-7-10-9-8-18-6-5-11(9)16(4)15-10/h5-8H2,1-4H3,(H,14,17). The van der Waals surface area contributed by atoms with E-state index in [1.165, 1.54) is 5.69 Å². The van der Waals surface area contributed by atoms with Crippen LogP contribution in [-0.2, 0) is 36.2 Å². The number of ether oxygens (including phenoxy) is 1. The number of amides is 1. The summed E-state index contributed by atoms with van der Waals surface area (Å²) in [5, 5.41) is 7.40. The molecule has 2 heterocycles. The van der Waals surface area contributed by atoms with Crippen LogP contribution in [0, 0.1) is 5.41 Å². The lowest BCUT2D eigenvalue weighted by Crippen LogP contribution is -2.34. The molecule has 0 saturated carbocycles. The highest BCUT2D eigenvalue weighted by atomic mass is 16.5. The summed E-state index contributed by atoms with van der Waals surface area (Å²) in [6.07, 6.45) is 0.895. The van der Waals surface area contributed by atoms with Crippen LogP contribution in [0.25, 0.3) is 0 Å². The Morgan fingerprint density at radius 2 is 2.22 bits per heavy atom. The Balaban J connectivity index is 2.09. The molecule has 0 spiro atoms.